The molecule has 0 aliphatic rings. The molecule has 0 fully saturated rings. The Morgan fingerprint density at radius 2 is 1.53 bits per heavy atom. The lowest BCUT2D eigenvalue weighted by Gasteiger charge is -2.30. The Morgan fingerprint density at radius 3 is 2.06 bits per heavy atom. The van der Waals surface area contributed by atoms with Crippen LogP contribution in [0, 0.1) is 0 Å². The molecule has 2 aromatic rings. The molecule has 2 rings (SSSR count). The van der Waals surface area contributed by atoms with Crippen LogP contribution in [-0.2, 0) is 28.0 Å². The molecule has 4 nitrogen and oxygen atoms in total. The van der Waals surface area contributed by atoms with E-state index in [9.17, 15) is 9.59 Å². The summed E-state index contributed by atoms with van der Waals surface area (Å²) in [6, 6.07) is 15.4. The predicted octanol–water partition coefficient (Wildman–Crippen LogP) is 5.90. The van der Waals surface area contributed by atoms with Crippen LogP contribution in [0.15, 0.2) is 48.5 Å². The van der Waals surface area contributed by atoms with Gasteiger partial charge in [0.05, 0.1) is 0 Å². The van der Waals surface area contributed by atoms with E-state index in [1.54, 1.807) is 24.0 Å². The summed E-state index contributed by atoms with van der Waals surface area (Å²) in [5.74, 6) is -0.164. The molecular formula is C27H37ClN2O2. The Labute approximate surface area is 198 Å². The first-order valence-corrected chi connectivity index (χ1v) is 11.8. The van der Waals surface area contributed by atoms with Gasteiger partial charge in [-0.25, -0.2) is 0 Å². The minimum absolute atomic E-state index is 0.0355. The molecule has 2 aromatic carbocycles. The summed E-state index contributed by atoms with van der Waals surface area (Å²) in [6.07, 6.45) is 1.83. The van der Waals surface area contributed by atoms with E-state index in [2.05, 4.69) is 50.4 Å². The average Bonchev–Trinajstić information content (AvgIpc) is 2.76. The van der Waals surface area contributed by atoms with Crippen LogP contribution < -0.4 is 5.32 Å². The number of benzene rings is 2. The standard InChI is InChI=1S/C27H37ClN2O2/c1-7-19(2)29-26(32)20(3)30(18-22-10-15-24(28)16-11-22)25(31)17-12-21-8-13-23(14-9-21)27(4,5)6/h8-11,13-16,19-20H,7,12,17-18H2,1-6H3,(H,29,32)/t19-,20+/m0/s1. The van der Waals surface area contributed by atoms with Crippen LogP contribution in [0.3, 0.4) is 0 Å². The second kappa shape index (κ2) is 11.5. The lowest BCUT2D eigenvalue weighted by Crippen LogP contribution is -2.49. The number of carbonyl (C=O) groups is 2. The van der Waals surface area contributed by atoms with Crippen molar-refractivity contribution in [3.05, 3.63) is 70.2 Å². The quantitative estimate of drug-likeness (QED) is 0.510. The molecule has 32 heavy (non-hydrogen) atoms. The average molecular weight is 457 g/mol. The van der Waals surface area contributed by atoms with Crippen molar-refractivity contribution in [2.24, 2.45) is 0 Å². The molecule has 0 saturated heterocycles. The highest BCUT2D eigenvalue weighted by Gasteiger charge is 2.26. The van der Waals surface area contributed by atoms with Gasteiger partial charge in [-0.3, -0.25) is 9.59 Å². The summed E-state index contributed by atoms with van der Waals surface area (Å²) in [7, 11) is 0. The van der Waals surface area contributed by atoms with E-state index in [4.69, 9.17) is 11.6 Å². The van der Waals surface area contributed by atoms with E-state index in [-0.39, 0.29) is 23.3 Å². The number of carbonyl (C=O) groups excluding carboxylic acids is 2. The van der Waals surface area contributed by atoms with Crippen molar-refractivity contribution >= 4 is 23.4 Å². The summed E-state index contributed by atoms with van der Waals surface area (Å²) in [5, 5.41) is 3.65. The Kier molecular flexibility index (Phi) is 9.33. The maximum absolute atomic E-state index is 13.2. The number of amides is 2. The number of aryl methyl sites for hydroxylation is 1. The number of nitrogens with zero attached hydrogens (tertiary/aromatic N) is 1. The van der Waals surface area contributed by atoms with Crippen LogP contribution >= 0.6 is 11.6 Å². The molecule has 0 aliphatic heterocycles. The van der Waals surface area contributed by atoms with E-state index in [1.165, 1.54) is 5.56 Å². The van der Waals surface area contributed by atoms with Gasteiger partial charge < -0.3 is 10.2 Å². The topological polar surface area (TPSA) is 49.4 Å². The van der Waals surface area contributed by atoms with Gasteiger partial charge in [-0.05, 0) is 60.9 Å². The largest absolute Gasteiger partial charge is 0.352 e. The fourth-order valence-electron chi connectivity index (χ4n) is 3.40. The fourth-order valence-corrected chi connectivity index (χ4v) is 3.53. The molecule has 1 N–H and O–H groups in total. The van der Waals surface area contributed by atoms with Gasteiger partial charge in [0, 0.05) is 24.0 Å². The molecule has 174 valence electrons. The normalized spacial score (nSPS) is 13.3. The minimum atomic E-state index is -0.560. The van der Waals surface area contributed by atoms with Crippen LogP contribution in [0.5, 0.6) is 0 Å². The van der Waals surface area contributed by atoms with Crippen molar-refractivity contribution < 1.29 is 9.59 Å². The van der Waals surface area contributed by atoms with E-state index < -0.39 is 6.04 Å². The zero-order valence-electron chi connectivity index (χ0n) is 20.2. The number of nitrogens with one attached hydrogen (secondary N) is 1. The lowest BCUT2D eigenvalue weighted by molar-refractivity contribution is -0.140. The van der Waals surface area contributed by atoms with Crippen molar-refractivity contribution in [2.75, 3.05) is 0 Å². The van der Waals surface area contributed by atoms with Crippen molar-refractivity contribution in [1.29, 1.82) is 0 Å². The van der Waals surface area contributed by atoms with Gasteiger partial charge in [0.1, 0.15) is 6.04 Å². The smallest absolute Gasteiger partial charge is 0.242 e. The van der Waals surface area contributed by atoms with E-state index in [0.717, 1.165) is 17.5 Å². The summed E-state index contributed by atoms with van der Waals surface area (Å²) < 4.78 is 0. The van der Waals surface area contributed by atoms with Crippen molar-refractivity contribution in [3.8, 4) is 0 Å². The van der Waals surface area contributed by atoms with Gasteiger partial charge in [-0.2, -0.15) is 0 Å². The van der Waals surface area contributed by atoms with E-state index >= 15 is 0 Å². The van der Waals surface area contributed by atoms with Crippen LogP contribution in [0.4, 0.5) is 0 Å². The summed E-state index contributed by atoms with van der Waals surface area (Å²) >= 11 is 6.01. The first-order valence-electron chi connectivity index (χ1n) is 11.4. The molecule has 0 bridgehead atoms. The highest BCUT2D eigenvalue weighted by Crippen LogP contribution is 2.23. The third-order valence-electron chi connectivity index (χ3n) is 5.88. The molecule has 2 atom stereocenters. The molecule has 0 spiro atoms. The van der Waals surface area contributed by atoms with Gasteiger partial charge in [0.2, 0.25) is 11.8 Å². The first-order chi connectivity index (χ1) is 15.0. The molecule has 0 aliphatic carbocycles. The third-order valence-corrected chi connectivity index (χ3v) is 6.13. The SMILES string of the molecule is CC[C@H](C)NC(=O)[C@@H](C)N(Cc1ccc(Cl)cc1)C(=O)CCc1ccc(C(C)(C)C)cc1. The Balaban J connectivity index is 2.13. The second-order valence-electron chi connectivity index (χ2n) is 9.59. The predicted molar refractivity (Wildman–Crippen MR) is 133 cm³/mol. The third kappa shape index (κ3) is 7.67. The number of rotatable bonds is 9. The van der Waals surface area contributed by atoms with E-state index in [0.29, 0.717) is 24.4 Å². The lowest BCUT2D eigenvalue weighted by atomic mass is 9.86. The van der Waals surface area contributed by atoms with Crippen LogP contribution in [0.1, 0.15) is 71.1 Å². The van der Waals surface area contributed by atoms with Crippen molar-refractivity contribution in [2.45, 2.75) is 84.8 Å². The van der Waals surface area contributed by atoms with Crippen LogP contribution in [-0.4, -0.2) is 28.8 Å². The van der Waals surface area contributed by atoms with Crippen LogP contribution in [0.25, 0.3) is 0 Å². The maximum atomic E-state index is 13.2. The maximum Gasteiger partial charge on any atom is 0.242 e. The fraction of sp³-hybridized carbons (Fsp3) is 0.481. The Hall–Kier alpha value is -2.33. The number of hydrogen-bond donors (Lipinski definition) is 1. The van der Waals surface area contributed by atoms with E-state index in [1.807, 2.05) is 26.0 Å². The molecule has 0 aromatic heterocycles. The highest BCUT2D eigenvalue weighted by molar-refractivity contribution is 6.30. The molecule has 2 amide bonds. The number of halogens is 1. The van der Waals surface area contributed by atoms with Crippen molar-refractivity contribution in [1.82, 2.24) is 10.2 Å². The summed E-state index contributed by atoms with van der Waals surface area (Å²) in [6.45, 7) is 12.7. The monoisotopic (exact) mass is 456 g/mol. The number of hydrogen-bond acceptors (Lipinski definition) is 2. The van der Waals surface area contributed by atoms with Gasteiger partial charge >= 0.3 is 0 Å². The minimum Gasteiger partial charge on any atom is -0.352 e. The van der Waals surface area contributed by atoms with Gasteiger partial charge in [0.25, 0.3) is 0 Å². The van der Waals surface area contributed by atoms with Gasteiger partial charge in [-0.15, -0.1) is 0 Å². The zero-order valence-corrected chi connectivity index (χ0v) is 21.0. The zero-order chi connectivity index (χ0) is 23.9. The van der Waals surface area contributed by atoms with Gasteiger partial charge in [0.15, 0.2) is 0 Å². The molecule has 5 heteroatoms. The first kappa shape index (κ1) is 25.9. The molecular weight excluding hydrogens is 420 g/mol. The highest BCUT2D eigenvalue weighted by atomic mass is 35.5. The van der Waals surface area contributed by atoms with Gasteiger partial charge in [-0.1, -0.05) is 75.7 Å². The van der Waals surface area contributed by atoms with Crippen LogP contribution in [0.2, 0.25) is 5.02 Å². The molecule has 0 saturated carbocycles. The molecule has 0 heterocycles. The molecule has 0 radical (unpaired) electrons. The molecule has 0 unspecified atom stereocenters. The Morgan fingerprint density at radius 1 is 0.969 bits per heavy atom. The van der Waals surface area contributed by atoms with Crippen molar-refractivity contribution in [3.63, 3.8) is 0 Å². The second-order valence-corrected chi connectivity index (χ2v) is 10.0. The Bertz CT molecular complexity index is 885. The summed E-state index contributed by atoms with van der Waals surface area (Å²) in [5.41, 5.74) is 3.43. The summed E-state index contributed by atoms with van der Waals surface area (Å²) in [4.78, 5) is 27.7.